The summed E-state index contributed by atoms with van der Waals surface area (Å²) >= 11 is 0. The zero-order valence-electron chi connectivity index (χ0n) is 11.8. The minimum absolute atomic E-state index is 0.187. The van der Waals surface area contributed by atoms with E-state index in [0.29, 0.717) is 5.69 Å². The molecule has 3 rings (SSSR count). The van der Waals surface area contributed by atoms with Crippen molar-refractivity contribution in [2.24, 2.45) is 0 Å². The number of hydrazine groups is 1. The van der Waals surface area contributed by atoms with Crippen LogP contribution in [0.25, 0.3) is 0 Å². The van der Waals surface area contributed by atoms with Crippen molar-refractivity contribution >= 4 is 17.3 Å². The molecule has 1 unspecified atom stereocenters. The predicted octanol–water partition coefficient (Wildman–Crippen LogP) is 2.15. The van der Waals surface area contributed by atoms with Crippen molar-refractivity contribution in [1.29, 1.82) is 0 Å². The van der Waals surface area contributed by atoms with Crippen LogP contribution in [0.2, 0.25) is 0 Å². The molecule has 0 saturated heterocycles. The molecule has 6 heteroatoms. The Labute approximate surface area is 122 Å². The van der Waals surface area contributed by atoms with Crippen LogP contribution in [0.4, 0.5) is 11.4 Å². The van der Waals surface area contributed by atoms with E-state index in [0.717, 1.165) is 11.3 Å². The maximum atomic E-state index is 11.3. The van der Waals surface area contributed by atoms with Crippen molar-refractivity contribution < 1.29 is 9.90 Å². The van der Waals surface area contributed by atoms with Crippen LogP contribution in [0.1, 0.15) is 27.7 Å². The van der Waals surface area contributed by atoms with Crippen molar-refractivity contribution in [2.45, 2.75) is 13.1 Å². The summed E-state index contributed by atoms with van der Waals surface area (Å²) in [5.41, 5.74) is 7.28. The maximum absolute atomic E-state index is 11.3. The Hall–Kier alpha value is -2.60. The highest BCUT2D eigenvalue weighted by atomic mass is 16.4. The molecule has 0 aliphatic carbocycles. The van der Waals surface area contributed by atoms with Crippen LogP contribution in [-0.2, 0) is 0 Å². The molecule has 0 saturated carbocycles. The number of carbonyl (C=O) groups is 1. The second-order valence-electron chi connectivity index (χ2n) is 5.05. The van der Waals surface area contributed by atoms with Crippen LogP contribution in [0.5, 0.6) is 0 Å². The zero-order valence-corrected chi connectivity index (χ0v) is 11.8. The first-order valence-electron chi connectivity index (χ1n) is 6.60. The van der Waals surface area contributed by atoms with E-state index in [1.807, 2.05) is 31.1 Å². The molecule has 0 fully saturated rings. The van der Waals surface area contributed by atoms with E-state index >= 15 is 0 Å². The van der Waals surface area contributed by atoms with Gasteiger partial charge in [0.15, 0.2) is 0 Å². The molecule has 1 aliphatic heterocycles. The summed E-state index contributed by atoms with van der Waals surface area (Å²) in [6.45, 7) is 2.04. The molecule has 0 amide bonds. The number of benzene rings is 1. The van der Waals surface area contributed by atoms with Crippen molar-refractivity contribution in [2.75, 3.05) is 17.4 Å². The van der Waals surface area contributed by atoms with Crippen LogP contribution < -0.4 is 15.8 Å². The van der Waals surface area contributed by atoms with Gasteiger partial charge in [-0.05, 0) is 24.6 Å². The second kappa shape index (κ2) is 5.06. The van der Waals surface area contributed by atoms with Crippen molar-refractivity contribution in [1.82, 2.24) is 10.4 Å². The monoisotopic (exact) mass is 284 g/mol. The van der Waals surface area contributed by atoms with Gasteiger partial charge >= 0.3 is 5.97 Å². The smallest absolute Gasteiger partial charge is 0.337 e. The first kappa shape index (κ1) is 13.4. The molecule has 0 spiro atoms. The lowest BCUT2D eigenvalue weighted by Crippen LogP contribution is -2.34. The van der Waals surface area contributed by atoms with Gasteiger partial charge in [0.1, 0.15) is 6.17 Å². The van der Waals surface area contributed by atoms with E-state index < -0.39 is 5.97 Å². The van der Waals surface area contributed by atoms with E-state index in [-0.39, 0.29) is 11.7 Å². The minimum Gasteiger partial charge on any atom is -0.478 e. The topological polar surface area (TPSA) is 77.5 Å². The zero-order chi connectivity index (χ0) is 15.0. The summed E-state index contributed by atoms with van der Waals surface area (Å²) in [6, 6.07) is 7.65. The molecule has 3 N–H and O–H groups in total. The van der Waals surface area contributed by atoms with Gasteiger partial charge in [-0.15, -0.1) is 0 Å². The highest BCUT2D eigenvalue weighted by Crippen LogP contribution is 2.33. The number of carboxylic acids is 1. The SMILES string of the molecule is Cc1ccc2c(c1)N(C)NC2Nc1cnccc1C(=O)O. The molecule has 1 aliphatic rings. The van der Waals surface area contributed by atoms with Gasteiger partial charge < -0.3 is 15.4 Å². The van der Waals surface area contributed by atoms with Gasteiger partial charge in [-0.25, -0.2) is 10.2 Å². The summed E-state index contributed by atoms with van der Waals surface area (Å²) in [4.78, 5) is 15.2. The summed E-state index contributed by atoms with van der Waals surface area (Å²) in [7, 11) is 1.93. The number of nitrogens with zero attached hydrogens (tertiary/aromatic N) is 2. The number of carboxylic acid groups (broad SMARTS) is 1. The highest BCUT2D eigenvalue weighted by molar-refractivity contribution is 5.94. The largest absolute Gasteiger partial charge is 0.478 e. The van der Waals surface area contributed by atoms with Crippen LogP contribution in [0.3, 0.4) is 0 Å². The van der Waals surface area contributed by atoms with Gasteiger partial charge in [0, 0.05) is 18.8 Å². The van der Waals surface area contributed by atoms with Crippen LogP contribution >= 0.6 is 0 Å². The van der Waals surface area contributed by atoms with Crippen molar-refractivity contribution in [3.05, 3.63) is 53.3 Å². The number of aromatic nitrogens is 1. The molecular weight excluding hydrogens is 268 g/mol. The minimum atomic E-state index is -0.976. The van der Waals surface area contributed by atoms with E-state index in [4.69, 9.17) is 0 Å². The molecule has 1 aromatic heterocycles. The van der Waals surface area contributed by atoms with Crippen molar-refractivity contribution in [3.63, 3.8) is 0 Å². The fourth-order valence-corrected chi connectivity index (χ4v) is 2.48. The Morgan fingerprint density at radius 2 is 2.24 bits per heavy atom. The standard InChI is InChI=1S/C15H16N4O2/c1-9-3-4-11-13(7-9)19(2)18-14(11)17-12-8-16-6-5-10(12)15(20)21/h3-8,14,17-18H,1-2H3,(H,20,21). The number of pyridine rings is 1. The third-order valence-electron chi connectivity index (χ3n) is 3.53. The number of hydrogen-bond donors (Lipinski definition) is 3. The Morgan fingerprint density at radius 1 is 1.43 bits per heavy atom. The van der Waals surface area contributed by atoms with Gasteiger partial charge in [-0.1, -0.05) is 12.1 Å². The molecule has 0 radical (unpaired) electrons. The number of rotatable bonds is 3. The fourth-order valence-electron chi connectivity index (χ4n) is 2.48. The molecule has 108 valence electrons. The summed E-state index contributed by atoms with van der Waals surface area (Å²) < 4.78 is 0. The highest BCUT2D eigenvalue weighted by Gasteiger charge is 2.26. The first-order chi connectivity index (χ1) is 10.1. The van der Waals surface area contributed by atoms with Crippen molar-refractivity contribution in [3.8, 4) is 0 Å². The third-order valence-corrected chi connectivity index (χ3v) is 3.53. The Bertz CT molecular complexity index is 702. The molecule has 0 bridgehead atoms. The van der Waals surface area contributed by atoms with E-state index in [2.05, 4.69) is 21.8 Å². The van der Waals surface area contributed by atoms with Crippen LogP contribution in [0.15, 0.2) is 36.7 Å². The normalized spacial score (nSPS) is 16.7. The second-order valence-corrected chi connectivity index (χ2v) is 5.05. The Kier molecular flexibility index (Phi) is 3.23. The number of hydrogen-bond acceptors (Lipinski definition) is 5. The van der Waals surface area contributed by atoms with Gasteiger partial charge in [0.25, 0.3) is 0 Å². The molecule has 2 heterocycles. The number of nitrogens with one attached hydrogen (secondary N) is 2. The van der Waals surface area contributed by atoms with Gasteiger partial charge in [-0.2, -0.15) is 0 Å². The quantitative estimate of drug-likeness (QED) is 0.801. The third kappa shape index (κ3) is 2.41. The predicted molar refractivity (Wildman–Crippen MR) is 80.3 cm³/mol. The number of aromatic carboxylic acids is 1. The lowest BCUT2D eigenvalue weighted by molar-refractivity contribution is 0.0697. The molecule has 6 nitrogen and oxygen atoms in total. The Morgan fingerprint density at radius 3 is 3.00 bits per heavy atom. The first-order valence-corrected chi connectivity index (χ1v) is 6.60. The summed E-state index contributed by atoms with van der Waals surface area (Å²) in [5.74, 6) is -0.976. The molecule has 2 aromatic rings. The molecule has 21 heavy (non-hydrogen) atoms. The molecular formula is C15H16N4O2. The van der Waals surface area contributed by atoms with Crippen LogP contribution in [-0.4, -0.2) is 23.1 Å². The molecule has 1 aromatic carbocycles. The molecule has 1 atom stereocenters. The van der Waals surface area contributed by atoms with E-state index in [1.54, 1.807) is 0 Å². The number of aryl methyl sites for hydroxylation is 1. The number of fused-ring (bicyclic) bond motifs is 1. The lowest BCUT2D eigenvalue weighted by Gasteiger charge is -2.18. The fraction of sp³-hybridized carbons (Fsp3) is 0.200. The van der Waals surface area contributed by atoms with E-state index in [1.165, 1.54) is 24.0 Å². The van der Waals surface area contributed by atoms with Gasteiger partial charge in [-0.3, -0.25) is 4.98 Å². The lowest BCUT2D eigenvalue weighted by atomic mass is 10.1. The maximum Gasteiger partial charge on any atom is 0.337 e. The van der Waals surface area contributed by atoms with E-state index in [9.17, 15) is 9.90 Å². The van der Waals surface area contributed by atoms with Gasteiger partial charge in [0.2, 0.25) is 0 Å². The van der Waals surface area contributed by atoms with Crippen LogP contribution in [0, 0.1) is 6.92 Å². The van der Waals surface area contributed by atoms with Gasteiger partial charge in [0.05, 0.1) is 23.1 Å². The average molecular weight is 284 g/mol. The number of anilines is 2. The summed E-state index contributed by atoms with van der Waals surface area (Å²) in [6.07, 6.45) is 2.81. The Balaban J connectivity index is 1.93. The average Bonchev–Trinajstić information content (AvgIpc) is 2.75. The summed E-state index contributed by atoms with van der Waals surface area (Å²) in [5, 5.41) is 14.4.